The van der Waals surface area contributed by atoms with Crippen LogP contribution < -0.4 is 5.32 Å². The molecule has 1 amide bonds. The second-order valence-electron chi connectivity index (χ2n) is 8.84. The average Bonchev–Trinajstić information content (AvgIpc) is 3.47. The lowest BCUT2D eigenvalue weighted by Crippen LogP contribution is -2.39. The zero-order valence-electron chi connectivity index (χ0n) is 17.7. The van der Waals surface area contributed by atoms with E-state index in [1.54, 1.807) is 6.20 Å². The minimum absolute atomic E-state index is 0.326. The van der Waals surface area contributed by atoms with Crippen molar-refractivity contribution in [1.82, 2.24) is 15.3 Å². The smallest absolute Gasteiger partial charge is 0.408 e. The maximum atomic E-state index is 12.3. The van der Waals surface area contributed by atoms with E-state index in [-0.39, 0.29) is 11.6 Å². The Morgan fingerprint density at radius 3 is 2.60 bits per heavy atom. The van der Waals surface area contributed by atoms with Gasteiger partial charge in [-0.05, 0) is 63.3 Å². The van der Waals surface area contributed by atoms with Gasteiger partial charge in [0.05, 0.1) is 16.7 Å². The van der Waals surface area contributed by atoms with Crippen LogP contribution in [0.15, 0.2) is 61.4 Å². The van der Waals surface area contributed by atoms with Crippen molar-refractivity contribution in [2.24, 2.45) is 0 Å². The third-order valence-electron chi connectivity index (χ3n) is 5.26. The molecule has 0 aliphatic heterocycles. The minimum atomic E-state index is -0.511. The molecule has 154 valence electrons. The van der Waals surface area contributed by atoms with E-state index < -0.39 is 5.60 Å². The van der Waals surface area contributed by atoms with Gasteiger partial charge in [-0.3, -0.25) is 4.98 Å². The number of pyridine rings is 2. The molecule has 1 fully saturated rings. The fourth-order valence-corrected chi connectivity index (χ4v) is 3.68. The van der Waals surface area contributed by atoms with Crippen LogP contribution in [0.1, 0.15) is 44.7 Å². The lowest BCUT2D eigenvalue weighted by Gasteiger charge is -2.24. The van der Waals surface area contributed by atoms with Gasteiger partial charge in [-0.25, -0.2) is 9.78 Å². The van der Waals surface area contributed by atoms with Gasteiger partial charge in [0.15, 0.2) is 0 Å². The summed E-state index contributed by atoms with van der Waals surface area (Å²) in [5.74, 6) is 0. The topological polar surface area (TPSA) is 64.1 Å². The highest BCUT2D eigenvalue weighted by Gasteiger charge is 2.46. The molecule has 1 N–H and O–H groups in total. The first kappa shape index (κ1) is 20.1. The molecule has 5 nitrogen and oxygen atoms in total. The van der Waals surface area contributed by atoms with Gasteiger partial charge in [0.1, 0.15) is 5.60 Å². The second-order valence-corrected chi connectivity index (χ2v) is 8.84. The van der Waals surface area contributed by atoms with E-state index in [1.807, 2.05) is 39.1 Å². The number of amides is 1. The molecule has 0 bridgehead atoms. The maximum Gasteiger partial charge on any atom is 0.408 e. The Bertz CT molecular complexity index is 1090. The Hall–Kier alpha value is -3.21. The van der Waals surface area contributed by atoms with Crippen molar-refractivity contribution >= 4 is 17.0 Å². The number of ether oxygens (including phenoxy) is 1. The van der Waals surface area contributed by atoms with Gasteiger partial charge < -0.3 is 10.1 Å². The maximum absolute atomic E-state index is 12.3. The number of rotatable bonds is 5. The van der Waals surface area contributed by atoms with Gasteiger partial charge in [-0.1, -0.05) is 30.3 Å². The van der Waals surface area contributed by atoms with Crippen LogP contribution in [-0.4, -0.2) is 21.7 Å². The minimum Gasteiger partial charge on any atom is -0.444 e. The van der Waals surface area contributed by atoms with Crippen LogP contribution in [-0.2, 0) is 16.7 Å². The number of fused-ring (bicyclic) bond motifs is 1. The lowest BCUT2D eigenvalue weighted by molar-refractivity contribution is 0.0495. The summed E-state index contributed by atoms with van der Waals surface area (Å²) in [6.45, 7) is 9.49. The molecule has 1 aromatic carbocycles. The van der Waals surface area contributed by atoms with Crippen molar-refractivity contribution in [1.29, 1.82) is 0 Å². The number of nitrogens with zero attached hydrogens (tertiary/aromatic N) is 2. The normalized spacial score (nSPS) is 14.9. The van der Waals surface area contributed by atoms with Crippen LogP contribution in [0.25, 0.3) is 22.2 Å². The number of hydrogen-bond donors (Lipinski definition) is 1. The van der Waals surface area contributed by atoms with Gasteiger partial charge in [0.2, 0.25) is 0 Å². The predicted octanol–water partition coefficient (Wildman–Crippen LogP) is 5.54. The highest BCUT2D eigenvalue weighted by Crippen LogP contribution is 2.46. The third kappa shape index (κ3) is 4.20. The molecular formula is C25H27N3O2. The van der Waals surface area contributed by atoms with Gasteiger partial charge in [0.25, 0.3) is 0 Å². The van der Waals surface area contributed by atoms with Crippen LogP contribution >= 0.6 is 0 Å². The van der Waals surface area contributed by atoms with Gasteiger partial charge >= 0.3 is 6.09 Å². The number of alkyl carbamates (subject to hydrolysis) is 1. The molecule has 5 heteroatoms. The van der Waals surface area contributed by atoms with Crippen LogP contribution in [0.4, 0.5) is 4.79 Å². The van der Waals surface area contributed by atoms with Crippen molar-refractivity contribution < 1.29 is 9.53 Å². The summed E-state index contributed by atoms with van der Waals surface area (Å²) in [6, 6.07) is 12.4. The molecule has 2 heterocycles. The standard InChI is InChI=1S/C25H27N3O2/c1-5-6-18-15-19-16-26-14-11-21(19)27-22(18)17-7-9-20(10-8-17)25(12-13-25)28-23(29)30-24(2,3)4/h5,7-11,14-16H,1,6,12-13H2,2-4H3,(H,28,29). The largest absolute Gasteiger partial charge is 0.444 e. The molecule has 0 spiro atoms. The zero-order chi connectivity index (χ0) is 21.4. The van der Waals surface area contributed by atoms with E-state index in [9.17, 15) is 4.79 Å². The van der Waals surface area contributed by atoms with Crippen LogP contribution in [0.2, 0.25) is 0 Å². The quantitative estimate of drug-likeness (QED) is 0.570. The van der Waals surface area contributed by atoms with Crippen LogP contribution in [0.5, 0.6) is 0 Å². The predicted molar refractivity (Wildman–Crippen MR) is 119 cm³/mol. The first-order valence-corrected chi connectivity index (χ1v) is 10.3. The summed E-state index contributed by atoms with van der Waals surface area (Å²) < 4.78 is 5.44. The number of carbonyl (C=O) groups is 1. The molecule has 4 rings (SSSR count). The molecular weight excluding hydrogens is 374 g/mol. The highest BCUT2D eigenvalue weighted by atomic mass is 16.6. The lowest BCUT2D eigenvalue weighted by atomic mass is 9.98. The Kier molecular flexibility index (Phi) is 5.06. The molecule has 0 atom stereocenters. The Morgan fingerprint density at radius 2 is 1.97 bits per heavy atom. The van der Waals surface area contributed by atoms with Gasteiger partial charge in [0, 0.05) is 23.3 Å². The summed E-state index contributed by atoms with van der Waals surface area (Å²) in [5, 5.41) is 4.08. The summed E-state index contributed by atoms with van der Waals surface area (Å²) in [7, 11) is 0. The van der Waals surface area contributed by atoms with Gasteiger partial charge in [-0.2, -0.15) is 0 Å². The van der Waals surface area contributed by atoms with Gasteiger partial charge in [-0.15, -0.1) is 6.58 Å². The van der Waals surface area contributed by atoms with Crippen molar-refractivity contribution in [2.75, 3.05) is 0 Å². The number of carbonyl (C=O) groups excluding carboxylic acids is 1. The fraction of sp³-hybridized carbons (Fsp3) is 0.320. The van der Waals surface area contributed by atoms with E-state index in [2.05, 4.69) is 47.2 Å². The molecule has 3 aromatic rings. The van der Waals surface area contributed by atoms with E-state index in [1.165, 1.54) is 0 Å². The molecule has 1 saturated carbocycles. The third-order valence-corrected chi connectivity index (χ3v) is 5.26. The summed E-state index contributed by atoms with van der Waals surface area (Å²) >= 11 is 0. The number of hydrogen-bond acceptors (Lipinski definition) is 4. The molecule has 0 radical (unpaired) electrons. The fourth-order valence-electron chi connectivity index (χ4n) is 3.68. The highest BCUT2D eigenvalue weighted by molar-refractivity contribution is 5.82. The van der Waals surface area contributed by atoms with Crippen LogP contribution in [0.3, 0.4) is 0 Å². The SMILES string of the molecule is C=CCc1cc2cnccc2nc1-c1ccc(C2(NC(=O)OC(C)(C)C)CC2)cc1. The van der Waals surface area contributed by atoms with Crippen molar-refractivity contribution in [3.05, 3.63) is 72.6 Å². The van der Waals surface area contributed by atoms with E-state index >= 15 is 0 Å². The number of aromatic nitrogens is 2. The monoisotopic (exact) mass is 401 g/mol. The molecule has 2 aromatic heterocycles. The van der Waals surface area contributed by atoms with E-state index in [0.29, 0.717) is 0 Å². The Balaban J connectivity index is 1.62. The zero-order valence-corrected chi connectivity index (χ0v) is 17.7. The average molecular weight is 402 g/mol. The molecule has 1 aliphatic carbocycles. The Labute approximate surface area is 177 Å². The van der Waals surface area contributed by atoms with Crippen molar-refractivity contribution in [3.63, 3.8) is 0 Å². The molecule has 0 unspecified atom stereocenters. The first-order chi connectivity index (χ1) is 14.3. The van der Waals surface area contributed by atoms with E-state index in [4.69, 9.17) is 9.72 Å². The summed E-state index contributed by atoms with van der Waals surface area (Å²) in [4.78, 5) is 21.3. The molecule has 30 heavy (non-hydrogen) atoms. The number of benzene rings is 1. The summed E-state index contributed by atoms with van der Waals surface area (Å²) in [6.07, 6.45) is 7.67. The number of allylic oxidation sites excluding steroid dienone is 1. The van der Waals surface area contributed by atoms with Crippen molar-refractivity contribution in [3.8, 4) is 11.3 Å². The van der Waals surface area contributed by atoms with E-state index in [0.717, 1.165) is 52.5 Å². The Morgan fingerprint density at radius 1 is 1.23 bits per heavy atom. The molecule has 1 aliphatic rings. The first-order valence-electron chi connectivity index (χ1n) is 10.3. The summed E-state index contributed by atoms with van der Waals surface area (Å²) in [5.41, 5.74) is 4.28. The van der Waals surface area contributed by atoms with Crippen molar-refractivity contribution in [2.45, 2.75) is 51.2 Å². The number of nitrogens with one attached hydrogen (secondary N) is 1. The van der Waals surface area contributed by atoms with Crippen LogP contribution in [0, 0.1) is 0 Å². The second kappa shape index (κ2) is 7.56. The molecule has 0 saturated heterocycles.